The van der Waals surface area contributed by atoms with Gasteiger partial charge in [-0.15, -0.1) is 0 Å². The lowest BCUT2D eigenvalue weighted by molar-refractivity contribution is -0.133. The topological polar surface area (TPSA) is 41.1 Å². The van der Waals surface area contributed by atoms with Crippen molar-refractivity contribution in [2.45, 2.75) is 63.7 Å². The van der Waals surface area contributed by atoms with Gasteiger partial charge in [0.25, 0.3) is 0 Å². The molecule has 4 heteroatoms. The molecule has 0 radical (unpaired) electrons. The first-order valence-electron chi connectivity index (χ1n) is 7.85. The maximum atomic E-state index is 12.7. The Balaban J connectivity index is 1.95. The average molecular weight is 284 g/mol. The average Bonchev–Trinajstić information content (AvgIpc) is 2.87. The van der Waals surface area contributed by atoms with Crippen molar-refractivity contribution < 1.29 is 4.79 Å². The second-order valence-corrected chi connectivity index (χ2v) is 7.44. The van der Waals surface area contributed by atoms with Gasteiger partial charge in [-0.1, -0.05) is 20.3 Å². The van der Waals surface area contributed by atoms with E-state index in [0.29, 0.717) is 17.2 Å². The maximum Gasteiger partial charge on any atom is 0.227 e. The van der Waals surface area contributed by atoms with Crippen LogP contribution < -0.4 is 10.6 Å². The highest BCUT2D eigenvalue weighted by atomic mass is 32.2. The fourth-order valence-corrected chi connectivity index (χ4v) is 4.65. The second kappa shape index (κ2) is 6.98. The van der Waals surface area contributed by atoms with Crippen LogP contribution in [0.2, 0.25) is 0 Å². The van der Waals surface area contributed by atoms with Crippen molar-refractivity contribution in [1.29, 1.82) is 0 Å². The first-order valence-corrected chi connectivity index (χ1v) is 8.90. The van der Waals surface area contributed by atoms with E-state index in [2.05, 4.69) is 24.5 Å². The van der Waals surface area contributed by atoms with Gasteiger partial charge in [-0.05, 0) is 44.4 Å². The van der Waals surface area contributed by atoms with E-state index in [-0.39, 0.29) is 5.41 Å². The van der Waals surface area contributed by atoms with Gasteiger partial charge in [0.15, 0.2) is 0 Å². The Bertz CT molecular complexity index is 303. The number of carbonyl (C=O) groups excluding carboxylic acids is 1. The lowest BCUT2D eigenvalue weighted by Gasteiger charge is -2.37. The predicted molar refractivity (Wildman–Crippen MR) is 82.5 cm³/mol. The second-order valence-electron chi connectivity index (χ2n) is 5.92. The molecule has 0 aromatic rings. The molecule has 0 aromatic carbocycles. The van der Waals surface area contributed by atoms with E-state index in [1.165, 1.54) is 12.8 Å². The molecule has 1 saturated carbocycles. The first-order chi connectivity index (χ1) is 9.22. The molecule has 1 aliphatic heterocycles. The van der Waals surface area contributed by atoms with Gasteiger partial charge in [-0.25, -0.2) is 0 Å². The number of hydrogen-bond acceptors (Lipinski definition) is 3. The molecule has 1 amide bonds. The lowest BCUT2D eigenvalue weighted by Crippen LogP contribution is -2.53. The van der Waals surface area contributed by atoms with Crippen molar-refractivity contribution in [2.24, 2.45) is 5.41 Å². The molecule has 1 aliphatic carbocycles. The van der Waals surface area contributed by atoms with Crippen molar-refractivity contribution >= 4 is 17.7 Å². The lowest BCUT2D eigenvalue weighted by atomic mass is 9.77. The van der Waals surface area contributed by atoms with Crippen molar-refractivity contribution in [3.8, 4) is 0 Å². The largest absolute Gasteiger partial charge is 0.352 e. The highest BCUT2D eigenvalue weighted by Gasteiger charge is 2.40. The predicted octanol–water partition coefficient (Wildman–Crippen LogP) is 2.56. The molecule has 3 nitrogen and oxygen atoms in total. The maximum absolute atomic E-state index is 12.7. The fraction of sp³-hybridized carbons (Fsp3) is 0.933. The molecule has 2 aliphatic rings. The van der Waals surface area contributed by atoms with E-state index < -0.39 is 0 Å². The Kier molecular flexibility index (Phi) is 5.58. The Morgan fingerprint density at radius 1 is 1.37 bits per heavy atom. The number of carbonyl (C=O) groups is 1. The third-order valence-electron chi connectivity index (χ3n) is 4.78. The molecule has 0 spiro atoms. The van der Waals surface area contributed by atoms with Crippen molar-refractivity contribution in [3.05, 3.63) is 0 Å². The molecule has 19 heavy (non-hydrogen) atoms. The summed E-state index contributed by atoms with van der Waals surface area (Å²) in [7, 11) is 0. The molecule has 2 fully saturated rings. The van der Waals surface area contributed by atoms with Gasteiger partial charge in [0.2, 0.25) is 5.91 Å². The van der Waals surface area contributed by atoms with Crippen LogP contribution in [0.5, 0.6) is 0 Å². The molecule has 1 heterocycles. The molecular formula is C15H28N2OS. The minimum absolute atomic E-state index is 0.151. The minimum Gasteiger partial charge on any atom is -0.352 e. The molecule has 2 N–H and O–H groups in total. The summed E-state index contributed by atoms with van der Waals surface area (Å²) in [6.07, 6.45) is 6.81. The normalized spacial score (nSPS) is 35.3. The number of rotatable bonds is 5. The van der Waals surface area contributed by atoms with E-state index in [4.69, 9.17) is 0 Å². The monoisotopic (exact) mass is 284 g/mol. The standard InChI is InChI=1S/C15H28N2OS/c1-3-15(9-6-10-16-11-15)14(18)17-12-7-5-8-13(12)19-4-2/h12-13,16H,3-11H2,1-2H3,(H,17,18). The summed E-state index contributed by atoms with van der Waals surface area (Å²) in [5.41, 5.74) is -0.151. The third kappa shape index (κ3) is 3.46. The van der Waals surface area contributed by atoms with Gasteiger partial charge in [0.05, 0.1) is 5.41 Å². The van der Waals surface area contributed by atoms with Gasteiger partial charge in [-0.2, -0.15) is 11.8 Å². The van der Waals surface area contributed by atoms with Gasteiger partial charge in [-0.3, -0.25) is 4.79 Å². The number of thioether (sulfide) groups is 1. The fourth-order valence-electron chi connectivity index (χ4n) is 3.45. The van der Waals surface area contributed by atoms with E-state index in [1.807, 2.05) is 11.8 Å². The molecule has 3 atom stereocenters. The quantitative estimate of drug-likeness (QED) is 0.815. The van der Waals surface area contributed by atoms with Crippen LogP contribution in [-0.4, -0.2) is 36.0 Å². The van der Waals surface area contributed by atoms with Crippen molar-refractivity contribution in [1.82, 2.24) is 10.6 Å². The zero-order valence-electron chi connectivity index (χ0n) is 12.3. The molecule has 0 aromatic heterocycles. The molecule has 2 rings (SSSR count). The Hall–Kier alpha value is -0.220. The Labute approximate surface area is 121 Å². The summed E-state index contributed by atoms with van der Waals surface area (Å²) >= 11 is 2.01. The van der Waals surface area contributed by atoms with Crippen LogP contribution in [0.25, 0.3) is 0 Å². The smallest absolute Gasteiger partial charge is 0.227 e. The van der Waals surface area contributed by atoms with E-state index >= 15 is 0 Å². The van der Waals surface area contributed by atoms with Crippen LogP contribution >= 0.6 is 11.8 Å². The van der Waals surface area contributed by atoms with E-state index in [9.17, 15) is 4.79 Å². The van der Waals surface area contributed by atoms with Gasteiger partial charge < -0.3 is 10.6 Å². The zero-order valence-corrected chi connectivity index (χ0v) is 13.2. The molecule has 1 saturated heterocycles. The molecule has 0 bridgehead atoms. The van der Waals surface area contributed by atoms with E-state index in [0.717, 1.165) is 44.5 Å². The summed E-state index contributed by atoms with van der Waals surface area (Å²) < 4.78 is 0. The Morgan fingerprint density at radius 2 is 2.21 bits per heavy atom. The summed E-state index contributed by atoms with van der Waals surface area (Å²) in [5, 5.41) is 7.42. The zero-order chi connectivity index (χ0) is 13.7. The number of piperidine rings is 1. The summed E-state index contributed by atoms with van der Waals surface area (Å²) in [6.45, 7) is 6.28. The minimum atomic E-state index is -0.151. The van der Waals surface area contributed by atoms with Crippen molar-refractivity contribution in [2.75, 3.05) is 18.8 Å². The van der Waals surface area contributed by atoms with E-state index in [1.54, 1.807) is 0 Å². The van der Waals surface area contributed by atoms with Crippen LogP contribution in [0.1, 0.15) is 52.4 Å². The van der Waals surface area contributed by atoms with Crippen LogP contribution in [0.4, 0.5) is 0 Å². The molecule has 3 unspecified atom stereocenters. The highest BCUT2D eigenvalue weighted by molar-refractivity contribution is 7.99. The summed E-state index contributed by atoms with van der Waals surface area (Å²) in [6, 6.07) is 0.405. The third-order valence-corrected chi connectivity index (χ3v) is 6.11. The van der Waals surface area contributed by atoms with Crippen LogP contribution in [0, 0.1) is 5.41 Å². The molecular weight excluding hydrogens is 256 g/mol. The van der Waals surface area contributed by atoms with Crippen molar-refractivity contribution in [3.63, 3.8) is 0 Å². The van der Waals surface area contributed by atoms with Crippen LogP contribution in [0.15, 0.2) is 0 Å². The van der Waals surface area contributed by atoms with Crippen LogP contribution in [0.3, 0.4) is 0 Å². The highest BCUT2D eigenvalue weighted by Crippen LogP contribution is 2.33. The number of amides is 1. The van der Waals surface area contributed by atoms with Gasteiger partial charge >= 0.3 is 0 Å². The Morgan fingerprint density at radius 3 is 2.84 bits per heavy atom. The summed E-state index contributed by atoms with van der Waals surface area (Å²) in [5.74, 6) is 1.45. The first kappa shape index (κ1) is 15.2. The van der Waals surface area contributed by atoms with Crippen LogP contribution in [-0.2, 0) is 4.79 Å². The van der Waals surface area contributed by atoms with Gasteiger partial charge in [0, 0.05) is 17.8 Å². The number of hydrogen-bond donors (Lipinski definition) is 2. The number of nitrogens with one attached hydrogen (secondary N) is 2. The molecule has 110 valence electrons. The van der Waals surface area contributed by atoms with Gasteiger partial charge in [0.1, 0.15) is 0 Å². The SMILES string of the molecule is CCSC1CCCC1NC(=O)C1(CC)CCCNC1. The summed E-state index contributed by atoms with van der Waals surface area (Å²) in [4.78, 5) is 12.7.